The molecule has 0 aliphatic heterocycles. The molecule has 1 unspecified atom stereocenters. The van der Waals surface area contributed by atoms with Gasteiger partial charge in [0.05, 0.1) is 12.0 Å². The van der Waals surface area contributed by atoms with Gasteiger partial charge in [0.15, 0.2) is 0 Å². The second-order valence-corrected chi connectivity index (χ2v) is 9.93. The lowest BCUT2D eigenvalue weighted by atomic mass is 9.55. The van der Waals surface area contributed by atoms with E-state index in [1.807, 2.05) is 18.2 Å². The smallest absolute Gasteiger partial charge is 0.309 e. The van der Waals surface area contributed by atoms with E-state index in [0.717, 1.165) is 37.9 Å². The van der Waals surface area contributed by atoms with Crippen molar-refractivity contribution in [1.29, 1.82) is 0 Å². The Balaban J connectivity index is 1.36. The largest absolute Gasteiger partial charge is 0.489 e. The maximum Gasteiger partial charge on any atom is 0.309 e. The molecule has 0 saturated heterocycles. The highest BCUT2D eigenvalue weighted by Crippen LogP contribution is 2.63. The number of fused-ring (bicyclic) bond motifs is 5. The average molecular weight is 421 g/mol. The average Bonchev–Trinajstić information content (AvgIpc) is 3.10. The number of benzene rings is 2. The van der Waals surface area contributed by atoms with Gasteiger partial charge in [-0.2, -0.15) is 0 Å². The van der Waals surface area contributed by atoms with E-state index in [2.05, 4.69) is 37.3 Å². The molecule has 2 aromatic carbocycles. The Hall–Kier alpha value is -2.33. The van der Waals surface area contributed by atoms with Crippen molar-refractivity contribution in [2.45, 2.75) is 57.7 Å². The molecule has 2 saturated carbocycles. The van der Waals surface area contributed by atoms with Gasteiger partial charge in [0, 0.05) is 7.11 Å². The lowest BCUT2D eigenvalue weighted by Gasteiger charge is -2.50. The lowest BCUT2D eigenvalue weighted by molar-refractivity contribution is -0.148. The molecule has 3 aliphatic carbocycles. The number of carboxylic acid groups (broad SMARTS) is 1. The molecule has 2 aromatic rings. The maximum absolute atomic E-state index is 11.9. The summed E-state index contributed by atoms with van der Waals surface area (Å²) in [5.41, 5.74) is 4.01. The van der Waals surface area contributed by atoms with Crippen LogP contribution in [0.25, 0.3) is 0 Å². The predicted molar refractivity (Wildman–Crippen MR) is 119 cm³/mol. The van der Waals surface area contributed by atoms with Crippen LogP contribution < -0.4 is 4.74 Å². The zero-order valence-electron chi connectivity index (χ0n) is 18.4. The number of aryl methyl sites for hydroxylation is 1. The number of ether oxygens (including phenoxy) is 2. The summed E-state index contributed by atoms with van der Waals surface area (Å²) in [6.45, 7) is 2.86. The second-order valence-electron chi connectivity index (χ2n) is 9.93. The van der Waals surface area contributed by atoms with Crippen molar-refractivity contribution in [1.82, 2.24) is 0 Å². The van der Waals surface area contributed by atoms with Crippen molar-refractivity contribution in [3.8, 4) is 5.75 Å². The predicted octanol–water partition coefficient (Wildman–Crippen LogP) is 5.45. The summed E-state index contributed by atoms with van der Waals surface area (Å²) in [6, 6.07) is 16.9. The van der Waals surface area contributed by atoms with Crippen molar-refractivity contribution in [2.24, 2.45) is 23.2 Å². The fourth-order valence-electron chi connectivity index (χ4n) is 7.06. The Morgan fingerprint density at radius 3 is 2.71 bits per heavy atom. The molecule has 4 nitrogen and oxygen atoms in total. The van der Waals surface area contributed by atoms with Gasteiger partial charge in [-0.05, 0) is 84.1 Å². The number of rotatable bonds is 5. The summed E-state index contributed by atoms with van der Waals surface area (Å²) in [6.07, 6.45) is 4.89. The zero-order chi connectivity index (χ0) is 21.6. The van der Waals surface area contributed by atoms with Crippen molar-refractivity contribution in [3.05, 3.63) is 65.2 Å². The molecule has 3 aliphatic rings. The van der Waals surface area contributed by atoms with Crippen LogP contribution in [0.3, 0.4) is 0 Å². The molecule has 31 heavy (non-hydrogen) atoms. The van der Waals surface area contributed by atoms with E-state index >= 15 is 0 Å². The van der Waals surface area contributed by atoms with E-state index in [1.165, 1.54) is 16.7 Å². The summed E-state index contributed by atoms with van der Waals surface area (Å²) < 4.78 is 11.9. The zero-order valence-corrected chi connectivity index (χ0v) is 18.4. The maximum atomic E-state index is 11.9. The molecule has 2 fully saturated rings. The Morgan fingerprint density at radius 2 is 1.97 bits per heavy atom. The van der Waals surface area contributed by atoms with Crippen LogP contribution in [0.15, 0.2) is 48.5 Å². The first kappa shape index (κ1) is 20.6. The lowest BCUT2D eigenvalue weighted by Crippen LogP contribution is -2.45. The highest BCUT2D eigenvalue weighted by atomic mass is 16.5. The summed E-state index contributed by atoms with van der Waals surface area (Å²) in [4.78, 5) is 11.9. The van der Waals surface area contributed by atoms with E-state index in [0.29, 0.717) is 24.4 Å². The molecule has 1 N–H and O–H groups in total. The molecule has 6 atom stereocenters. The number of aliphatic carboxylic acids is 1. The highest BCUT2D eigenvalue weighted by molar-refractivity contribution is 5.71. The van der Waals surface area contributed by atoms with Gasteiger partial charge in [0.2, 0.25) is 0 Å². The number of carbonyl (C=O) groups is 1. The normalized spacial score (nSPS) is 33.8. The molecular weight excluding hydrogens is 388 g/mol. The third-order valence-electron chi connectivity index (χ3n) is 8.48. The van der Waals surface area contributed by atoms with Crippen LogP contribution in [0, 0.1) is 23.2 Å². The molecule has 0 aromatic heterocycles. The van der Waals surface area contributed by atoms with Gasteiger partial charge < -0.3 is 14.6 Å². The fraction of sp³-hybridized carbons (Fsp3) is 0.519. The van der Waals surface area contributed by atoms with Crippen molar-refractivity contribution in [2.75, 3.05) is 7.11 Å². The van der Waals surface area contributed by atoms with Gasteiger partial charge >= 0.3 is 5.97 Å². The van der Waals surface area contributed by atoms with Gasteiger partial charge in [0.1, 0.15) is 12.4 Å². The Labute approximate surface area is 184 Å². The molecule has 0 spiro atoms. The van der Waals surface area contributed by atoms with Crippen LogP contribution in [0.1, 0.15) is 55.2 Å². The Kier molecular flexibility index (Phi) is 5.29. The Bertz CT molecular complexity index is 955. The number of hydrogen-bond acceptors (Lipinski definition) is 3. The van der Waals surface area contributed by atoms with Crippen LogP contribution in [-0.2, 0) is 22.6 Å². The SMILES string of the molecule is CO[C@H]1C(C(=O)O)C[C@H]2[C@@H]3CCc4cc(OCc5ccccc5)ccc4[C@H]3CC[C@]12C. The van der Waals surface area contributed by atoms with Gasteiger partial charge in [-0.3, -0.25) is 4.79 Å². The highest BCUT2D eigenvalue weighted by Gasteiger charge is 2.60. The minimum absolute atomic E-state index is 0.0325. The standard InChI is InChI=1S/C27H32O4/c1-27-13-12-21-20-11-9-19(31-16-17-6-4-3-5-7-17)14-18(20)8-10-22(21)24(27)15-23(26(28)29)25(27)30-2/h3-7,9,11,14,21-25H,8,10,12-13,15-16H2,1-2H3,(H,28,29)/t21-,22-,23?,24+,25+,27+/m1/s1. The van der Waals surface area contributed by atoms with E-state index < -0.39 is 5.97 Å². The minimum atomic E-state index is -0.699. The van der Waals surface area contributed by atoms with E-state index in [9.17, 15) is 9.90 Å². The minimum Gasteiger partial charge on any atom is -0.489 e. The molecule has 0 heterocycles. The molecule has 5 rings (SSSR count). The first-order chi connectivity index (χ1) is 15.0. The number of methoxy groups -OCH3 is 1. The first-order valence-electron chi connectivity index (χ1n) is 11.6. The van der Waals surface area contributed by atoms with Crippen LogP contribution in [0.4, 0.5) is 0 Å². The van der Waals surface area contributed by atoms with Crippen LogP contribution in [0.2, 0.25) is 0 Å². The van der Waals surface area contributed by atoms with Crippen LogP contribution in [-0.4, -0.2) is 24.3 Å². The van der Waals surface area contributed by atoms with Crippen LogP contribution >= 0.6 is 0 Å². The molecule has 0 amide bonds. The van der Waals surface area contributed by atoms with E-state index in [1.54, 1.807) is 7.11 Å². The van der Waals surface area contributed by atoms with Crippen LogP contribution in [0.5, 0.6) is 5.75 Å². The second kappa shape index (κ2) is 7.98. The van der Waals surface area contributed by atoms with Crippen molar-refractivity contribution in [3.63, 3.8) is 0 Å². The summed E-state index contributed by atoms with van der Waals surface area (Å²) in [5.74, 6) is 1.34. The van der Waals surface area contributed by atoms with Crippen molar-refractivity contribution < 1.29 is 19.4 Å². The molecule has 0 bridgehead atoms. The third-order valence-corrected chi connectivity index (χ3v) is 8.48. The van der Waals surface area contributed by atoms with Gasteiger partial charge in [-0.15, -0.1) is 0 Å². The summed E-state index contributed by atoms with van der Waals surface area (Å²) in [5, 5.41) is 9.80. The van der Waals surface area contributed by atoms with Crippen molar-refractivity contribution >= 4 is 5.97 Å². The first-order valence-corrected chi connectivity index (χ1v) is 11.6. The van der Waals surface area contributed by atoms with Gasteiger partial charge in [0.25, 0.3) is 0 Å². The quantitative estimate of drug-likeness (QED) is 0.699. The molecule has 0 radical (unpaired) electrons. The third kappa shape index (κ3) is 3.45. The number of hydrogen-bond donors (Lipinski definition) is 1. The summed E-state index contributed by atoms with van der Waals surface area (Å²) in [7, 11) is 1.69. The molecular formula is C27H32O4. The Morgan fingerprint density at radius 1 is 1.16 bits per heavy atom. The topological polar surface area (TPSA) is 55.8 Å². The van der Waals surface area contributed by atoms with E-state index in [-0.39, 0.29) is 17.4 Å². The monoisotopic (exact) mass is 420 g/mol. The fourth-order valence-corrected chi connectivity index (χ4v) is 7.06. The van der Waals surface area contributed by atoms with E-state index in [4.69, 9.17) is 9.47 Å². The summed E-state index contributed by atoms with van der Waals surface area (Å²) >= 11 is 0. The number of carboxylic acids is 1. The molecule has 4 heteroatoms. The van der Waals surface area contributed by atoms with Gasteiger partial charge in [-0.1, -0.05) is 43.3 Å². The molecule has 164 valence electrons. The van der Waals surface area contributed by atoms with Gasteiger partial charge in [-0.25, -0.2) is 0 Å².